The molecule has 0 radical (unpaired) electrons. The highest BCUT2D eigenvalue weighted by molar-refractivity contribution is 7.16. The second-order valence-electron chi connectivity index (χ2n) is 9.36. The van der Waals surface area contributed by atoms with Gasteiger partial charge in [-0.1, -0.05) is 54.6 Å². The average Bonchev–Trinajstić information content (AvgIpc) is 3.61. The first-order valence-electron chi connectivity index (χ1n) is 12.0. The number of nitrogens with one attached hydrogen (secondary N) is 1. The summed E-state index contributed by atoms with van der Waals surface area (Å²) < 4.78 is 0. The maximum atomic E-state index is 12.8. The first-order chi connectivity index (χ1) is 16.5. The van der Waals surface area contributed by atoms with Crippen LogP contribution in [0.25, 0.3) is 22.0 Å². The molecule has 1 amide bonds. The Hall–Kier alpha value is -3.02. The van der Waals surface area contributed by atoms with Crippen LogP contribution in [0.5, 0.6) is 0 Å². The number of benzene rings is 3. The number of aromatic nitrogens is 1. The fraction of sp³-hybridized carbons (Fsp3) is 0.310. The number of aryl methyl sites for hydroxylation is 3. The van der Waals surface area contributed by atoms with Gasteiger partial charge in [0.15, 0.2) is 5.13 Å². The summed E-state index contributed by atoms with van der Waals surface area (Å²) in [6.45, 7) is 7.94. The topological polar surface area (TPSA) is 45.2 Å². The van der Waals surface area contributed by atoms with Gasteiger partial charge in [-0.3, -0.25) is 9.69 Å². The predicted octanol–water partition coefficient (Wildman–Crippen LogP) is 6.88. The van der Waals surface area contributed by atoms with E-state index < -0.39 is 0 Å². The van der Waals surface area contributed by atoms with E-state index in [-0.39, 0.29) is 5.91 Å². The van der Waals surface area contributed by atoms with Gasteiger partial charge in [0.1, 0.15) is 0 Å². The van der Waals surface area contributed by atoms with Crippen LogP contribution < -0.4 is 5.32 Å². The fourth-order valence-electron chi connectivity index (χ4n) is 4.51. The molecule has 3 aromatic carbocycles. The van der Waals surface area contributed by atoms with Gasteiger partial charge in [-0.25, -0.2) is 4.98 Å². The molecule has 0 bridgehead atoms. The van der Waals surface area contributed by atoms with Gasteiger partial charge in [0.2, 0.25) is 5.91 Å². The molecule has 34 heavy (non-hydrogen) atoms. The van der Waals surface area contributed by atoms with Crippen molar-refractivity contribution in [2.24, 2.45) is 0 Å². The molecule has 1 fully saturated rings. The van der Waals surface area contributed by atoms with Crippen molar-refractivity contribution < 1.29 is 4.79 Å². The molecule has 1 N–H and O–H groups in total. The van der Waals surface area contributed by atoms with E-state index >= 15 is 0 Å². The zero-order valence-corrected chi connectivity index (χ0v) is 20.9. The summed E-state index contributed by atoms with van der Waals surface area (Å²) in [4.78, 5) is 21.1. The Labute approximate surface area is 205 Å². The van der Waals surface area contributed by atoms with E-state index in [0.717, 1.165) is 29.2 Å². The number of thiazole rings is 1. The summed E-state index contributed by atoms with van der Waals surface area (Å²) in [7, 11) is 0. The molecule has 4 nitrogen and oxygen atoms in total. The van der Waals surface area contributed by atoms with E-state index in [9.17, 15) is 4.79 Å². The van der Waals surface area contributed by atoms with E-state index in [1.165, 1.54) is 40.3 Å². The van der Waals surface area contributed by atoms with Gasteiger partial charge >= 0.3 is 0 Å². The molecule has 1 saturated carbocycles. The average molecular weight is 470 g/mol. The van der Waals surface area contributed by atoms with Crippen molar-refractivity contribution in [3.05, 3.63) is 82.2 Å². The van der Waals surface area contributed by atoms with Crippen molar-refractivity contribution in [3.63, 3.8) is 0 Å². The second-order valence-corrected chi connectivity index (χ2v) is 10.6. The van der Waals surface area contributed by atoms with E-state index in [2.05, 4.69) is 91.7 Å². The van der Waals surface area contributed by atoms with Crippen molar-refractivity contribution in [2.45, 2.75) is 52.6 Å². The number of carbonyl (C=O) groups excluding carboxylic acids is 1. The Morgan fingerprint density at radius 3 is 2.62 bits per heavy atom. The van der Waals surface area contributed by atoms with Gasteiger partial charge in [-0.05, 0) is 67.1 Å². The molecule has 1 aliphatic rings. The van der Waals surface area contributed by atoms with Crippen molar-refractivity contribution in [1.82, 2.24) is 9.88 Å². The van der Waals surface area contributed by atoms with Gasteiger partial charge in [0, 0.05) is 36.0 Å². The van der Waals surface area contributed by atoms with E-state index in [0.29, 0.717) is 17.6 Å². The maximum absolute atomic E-state index is 12.8. The Bertz CT molecular complexity index is 1330. The number of hydrogen-bond donors (Lipinski definition) is 1. The molecule has 0 aliphatic heterocycles. The Morgan fingerprint density at radius 2 is 1.82 bits per heavy atom. The third-order valence-corrected chi connectivity index (χ3v) is 7.65. The molecule has 4 aromatic rings. The first kappa shape index (κ1) is 22.8. The zero-order valence-electron chi connectivity index (χ0n) is 20.1. The third kappa shape index (κ3) is 5.06. The van der Waals surface area contributed by atoms with Gasteiger partial charge < -0.3 is 5.32 Å². The molecule has 1 aliphatic carbocycles. The smallest absolute Gasteiger partial charge is 0.227 e. The lowest BCUT2D eigenvalue weighted by atomic mass is 10.0. The maximum Gasteiger partial charge on any atom is 0.227 e. The van der Waals surface area contributed by atoms with Gasteiger partial charge in [-0.2, -0.15) is 0 Å². The lowest BCUT2D eigenvalue weighted by Crippen LogP contribution is -2.29. The van der Waals surface area contributed by atoms with Crippen LogP contribution in [0.4, 0.5) is 5.13 Å². The first-order valence-corrected chi connectivity index (χ1v) is 12.8. The largest absolute Gasteiger partial charge is 0.302 e. The van der Waals surface area contributed by atoms with Crippen LogP contribution in [0.3, 0.4) is 0 Å². The van der Waals surface area contributed by atoms with E-state index in [1.54, 1.807) is 11.3 Å². The molecule has 5 rings (SSSR count). The Kier molecular flexibility index (Phi) is 6.48. The highest BCUT2D eigenvalue weighted by Crippen LogP contribution is 2.32. The number of fused-ring (bicyclic) bond motifs is 1. The van der Waals surface area contributed by atoms with Gasteiger partial charge in [-0.15, -0.1) is 11.3 Å². The lowest BCUT2D eigenvalue weighted by Gasteiger charge is -2.22. The SMILES string of the molecule is Cc1ccc(-c2nc(NC(=O)CCN(Cc3cccc4ccccc34)C3CC3)sc2C)cc1C. The number of amides is 1. The number of rotatable bonds is 8. The number of carbonyl (C=O) groups is 1. The Morgan fingerprint density at radius 1 is 1.03 bits per heavy atom. The van der Waals surface area contributed by atoms with Crippen molar-refractivity contribution in [2.75, 3.05) is 11.9 Å². The van der Waals surface area contributed by atoms with Gasteiger partial charge in [0.05, 0.1) is 5.69 Å². The summed E-state index contributed by atoms with van der Waals surface area (Å²) in [5.41, 5.74) is 5.92. The summed E-state index contributed by atoms with van der Waals surface area (Å²) >= 11 is 1.55. The van der Waals surface area contributed by atoms with Crippen LogP contribution in [0.1, 0.15) is 40.8 Å². The number of anilines is 1. The molecule has 1 heterocycles. The molecule has 5 heteroatoms. The standard InChI is InChI=1S/C29H31N3OS/c1-19-11-12-23(17-20(19)2)28-21(3)34-29(31-28)30-27(33)15-16-32(25-13-14-25)18-24-9-6-8-22-7-4-5-10-26(22)24/h4-12,17,25H,13-16,18H2,1-3H3,(H,30,31,33). The van der Waals surface area contributed by atoms with Crippen LogP contribution >= 0.6 is 11.3 Å². The quantitative estimate of drug-likeness (QED) is 0.306. The zero-order chi connectivity index (χ0) is 23.7. The van der Waals surface area contributed by atoms with Crippen LogP contribution in [0.15, 0.2) is 60.7 Å². The van der Waals surface area contributed by atoms with Crippen molar-refractivity contribution in [3.8, 4) is 11.3 Å². The van der Waals surface area contributed by atoms with E-state index in [4.69, 9.17) is 4.98 Å². The van der Waals surface area contributed by atoms with Crippen LogP contribution in [0, 0.1) is 20.8 Å². The predicted molar refractivity (Wildman–Crippen MR) is 142 cm³/mol. The monoisotopic (exact) mass is 469 g/mol. The third-order valence-electron chi connectivity index (χ3n) is 6.77. The minimum absolute atomic E-state index is 0.0314. The highest BCUT2D eigenvalue weighted by atomic mass is 32.1. The highest BCUT2D eigenvalue weighted by Gasteiger charge is 2.29. The summed E-state index contributed by atoms with van der Waals surface area (Å²) in [6, 6.07) is 22.0. The fourth-order valence-corrected chi connectivity index (χ4v) is 5.36. The molecular formula is C29H31N3OS. The van der Waals surface area contributed by atoms with Crippen molar-refractivity contribution >= 4 is 33.1 Å². The Balaban J connectivity index is 1.23. The molecule has 0 spiro atoms. The molecule has 0 unspecified atom stereocenters. The van der Waals surface area contributed by atoms with Crippen LogP contribution in [-0.2, 0) is 11.3 Å². The van der Waals surface area contributed by atoms with Gasteiger partial charge in [0.25, 0.3) is 0 Å². The molecule has 0 saturated heterocycles. The summed E-state index contributed by atoms with van der Waals surface area (Å²) in [5, 5.41) is 6.31. The minimum atomic E-state index is 0.0314. The second kappa shape index (κ2) is 9.69. The van der Waals surface area contributed by atoms with Crippen LogP contribution in [-0.4, -0.2) is 28.4 Å². The van der Waals surface area contributed by atoms with E-state index in [1.807, 2.05) is 0 Å². The van der Waals surface area contributed by atoms with Crippen LogP contribution in [0.2, 0.25) is 0 Å². The summed E-state index contributed by atoms with van der Waals surface area (Å²) in [5.74, 6) is 0.0314. The minimum Gasteiger partial charge on any atom is -0.302 e. The number of nitrogens with zero attached hydrogens (tertiary/aromatic N) is 2. The number of hydrogen-bond acceptors (Lipinski definition) is 4. The van der Waals surface area contributed by atoms with Crippen molar-refractivity contribution in [1.29, 1.82) is 0 Å². The summed E-state index contributed by atoms with van der Waals surface area (Å²) in [6.07, 6.45) is 2.91. The molecule has 174 valence electrons. The lowest BCUT2D eigenvalue weighted by molar-refractivity contribution is -0.116. The molecular weight excluding hydrogens is 438 g/mol. The molecule has 1 aromatic heterocycles. The normalized spacial score (nSPS) is 13.5. The molecule has 0 atom stereocenters.